The van der Waals surface area contributed by atoms with Gasteiger partial charge in [0.1, 0.15) is 11.6 Å². The maximum atomic E-state index is 13.2. The van der Waals surface area contributed by atoms with Crippen LogP contribution in [0.25, 0.3) is 10.9 Å². The second kappa shape index (κ2) is 12.4. The highest BCUT2D eigenvalue weighted by molar-refractivity contribution is 14.1. The first-order chi connectivity index (χ1) is 16.2. The maximum Gasteiger partial charge on any atom is 0.347 e. The smallest absolute Gasteiger partial charge is 0.347 e. The van der Waals surface area contributed by atoms with Gasteiger partial charge in [-0.3, -0.25) is 4.79 Å². The first-order valence-corrected chi connectivity index (χ1v) is 13.8. The van der Waals surface area contributed by atoms with Crippen molar-refractivity contribution in [3.8, 4) is 5.75 Å². The molecule has 0 unspecified atom stereocenters. The summed E-state index contributed by atoms with van der Waals surface area (Å²) in [6.45, 7) is 5.82. The van der Waals surface area contributed by atoms with Gasteiger partial charge < -0.3 is 9.47 Å². The molecular formula is C24H24BrI2N3O4. The fourth-order valence-corrected chi connectivity index (χ4v) is 5.62. The molecule has 0 saturated heterocycles. The lowest BCUT2D eigenvalue weighted by atomic mass is 10.2. The molecule has 1 heterocycles. The average molecular weight is 752 g/mol. The number of benzene rings is 2. The molecule has 2 aromatic carbocycles. The van der Waals surface area contributed by atoms with Crippen LogP contribution in [-0.2, 0) is 16.0 Å². The number of ether oxygens (including phenoxy) is 2. The van der Waals surface area contributed by atoms with Crippen LogP contribution in [-0.4, -0.2) is 34.6 Å². The molecule has 0 fully saturated rings. The van der Waals surface area contributed by atoms with Crippen LogP contribution >= 0.6 is 61.1 Å². The zero-order valence-corrected chi connectivity index (χ0v) is 24.9. The van der Waals surface area contributed by atoms with Crippen LogP contribution in [0.4, 0.5) is 0 Å². The van der Waals surface area contributed by atoms with Gasteiger partial charge in [0.15, 0.2) is 6.10 Å². The lowest BCUT2D eigenvalue weighted by Gasteiger charge is -2.16. The molecule has 180 valence electrons. The zero-order valence-electron chi connectivity index (χ0n) is 19.0. The van der Waals surface area contributed by atoms with E-state index in [0.717, 1.165) is 30.0 Å². The third kappa shape index (κ3) is 6.56. The monoisotopic (exact) mass is 751 g/mol. The lowest BCUT2D eigenvalue weighted by Crippen LogP contribution is -2.26. The second-order valence-corrected chi connectivity index (χ2v) is 10.7. The van der Waals surface area contributed by atoms with Crippen molar-refractivity contribution in [2.75, 3.05) is 6.61 Å². The number of nitrogens with zero attached hydrogens (tertiary/aromatic N) is 3. The zero-order chi connectivity index (χ0) is 24.8. The lowest BCUT2D eigenvalue weighted by molar-refractivity contribution is -0.150. The third-order valence-corrected chi connectivity index (χ3v) is 6.98. The van der Waals surface area contributed by atoms with Crippen molar-refractivity contribution in [2.45, 2.75) is 46.1 Å². The van der Waals surface area contributed by atoms with Crippen LogP contribution in [0, 0.1) is 7.14 Å². The molecule has 7 nitrogen and oxygen atoms in total. The molecule has 0 aliphatic rings. The Labute approximate surface area is 233 Å². The summed E-state index contributed by atoms with van der Waals surface area (Å²) >= 11 is 7.75. The minimum Gasteiger partial charge on any atom is -0.477 e. The molecule has 3 rings (SSSR count). The van der Waals surface area contributed by atoms with Gasteiger partial charge in [-0.2, -0.15) is 9.78 Å². The Hall–Kier alpha value is -1.54. The summed E-state index contributed by atoms with van der Waals surface area (Å²) in [5.41, 5.74) is 1.25. The summed E-state index contributed by atoms with van der Waals surface area (Å²) in [6.07, 6.45) is 3.47. The molecular weight excluding hydrogens is 728 g/mol. The van der Waals surface area contributed by atoms with Gasteiger partial charge in [-0.05, 0) is 101 Å². The number of fused-ring (bicyclic) bond motifs is 1. The molecule has 0 radical (unpaired) electrons. The van der Waals surface area contributed by atoms with E-state index in [4.69, 9.17) is 14.5 Å². The van der Waals surface area contributed by atoms with Crippen LogP contribution in [0.3, 0.4) is 0 Å². The Bertz CT molecular complexity index is 1270. The van der Waals surface area contributed by atoms with E-state index in [1.165, 1.54) is 4.68 Å². The summed E-state index contributed by atoms with van der Waals surface area (Å²) in [7, 11) is 0. The summed E-state index contributed by atoms with van der Waals surface area (Å²) in [5, 5.41) is 5.02. The summed E-state index contributed by atoms with van der Waals surface area (Å²) in [4.78, 5) is 29.9. The van der Waals surface area contributed by atoms with Gasteiger partial charge in [0.2, 0.25) is 0 Å². The van der Waals surface area contributed by atoms with Crippen molar-refractivity contribution in [3.63, 3.8) is 0 Å². The first-order valence-electron chi connectivity index (χ1n) is 10.8. The van der Waals surface area contributed by atoms with Gasteiger partial charge in [0.25, 0.3) is 5.56 Å². The molecule has 34 heavy (non-hydrogen) atoms. The van der Waals surface area contributed by atoms with Gasteiger partial charge in [-0.1, -0.05) is 29.3 Å². The Morgan fingerprint density at radius 1 is 1.24 bits per heavy atom. The van der Waals surface area contributed by atoms with Crippen molar-refractivity contribution < 1.29 is 14.3 Å². The highest BCUT2D eigenvalue weighted by Crippen LogP contribution is 2.29. The second-order valence-electron chi connectivity index (χ2n) is 7.48. The van der Waals surface area contributed by atoms with Gasteiger partial charge in [0.05, 0.1) is 30.9 Å². The molecule has 0 bridgehead atoms. The molecule has 0 amide bonds. The number of aromatic nitrogens is 2. The number of hydrogen-bond acceptors (Lipinski definition) is 6. The average Bonchev–Trinajstić information content (AvgIpc) is 2.80. The van der Waals surface area contributed by atoms with E-state index in [-0.39, 0.29) is 5.56 Å². The highest BCUT2D eigenvalue weighted by atomic mass is 127. The molecule has 3 aromatic rings. The Morgan fingerprint density at radius 2 is 1.94 bits per heavy atom. The van der Waals surface area contributed by atoms with E-state index >= 15 is 0 Å². The van der Waals surface area contributed by atoms with Gasteiger partial charge in [0, 0.05) is 10.9 Å². The minimum absolute atomic E-state index is 0.207. The van der Waals surface area contributed by atoms with Crippen molar-refractivity contribution in [1.82, 2.24) is 9.66 Å². The van der Waals surface area contributed by atoms with Crippen LogP contribution in [0.15, 0.2) is 44.7 Å². The van der Waals surface area contributed by atoms with Gasteiger partial charge >= 0.3 is 5.97 Å². The Balaban J connectivity index is 1.97. The number of aryl methyl sites for hydroxylation is 1. The number of unbranched alkanes of at least 4 members (excludes halogenated alkanes) is 1. The number of carbonyl (C=O) groups is 1. The van der Waals surface area contributed by atoms with E-state index < -0.39 is 12.1 Å². The van der Waals surface area contributed by atoms with Crippen LogP contribution in [0.1, 0.15) is 45.0 Å². The predicted octanol–water partition coefficient (Wildman–Crippen LogP) is 5.92. The Morgan fingerprint density at radius 3 is 2.59 bits per heavy atom. The van der Waals surface area contributed by atoms with Crippen molar-refractivity contribution in [2.24, 2.45) is 5.10 Å². The van der Waals surface area contributed by atoms with Crippen molar-refractivity contribution in [1.29, 1.82) is 0 Å². The number of rotatable bonds is 9. The Kier molecular flexibility index (Phi) is 9.89. The largest absolute Gasteiger partial charge is 0.477 e. The minimum atomic E-state index is -0.718. The maximum absolute atomic E-state index is 13.2. The number of esters is 1. The van der Waals surface area contributed by atoms with Crippen LogP contribution in [0.5, 0.6) is 5.75 Å². The van der Waals surface area contributed by atoms with Crippen molar-refractivity contribution >= 4 is 84.2 Å². The third-order valence-electron chi connectivity index (χ3n) is 4.89. The van der Waals surface area contributed by atoms with E-state index in [9.17, 15) is 9.59 Å². The van der Waals surface area contributed by atoms with Gasteiger partial charge in [-0.25, -0.2) is 9.78 Å². The van der Waals surface area contributed by atoms with E-state index in [2.05, 4.69) is 73.1 Å². The predicted molar refractivity (Wildman–Crippen MR) is 154 cm³/mol. The molecule has 0 aliphatic heterocycles. The molecule has 1 atom stereocenters. The molecule has 1 aromatic heterocycles. The number of hydrogen-bond donors (Lipinski definition) is 0. The fourth-order valence-electron chi connectivity index (χ4n) is 3.19. The van der Waals surface area contributed by atoms with Gasteiger partial charge in [-0.15, -0.1) is 0 Å². The SMILES string of the molecule is CCCCc1nc2ccc(Br)cc2c(=O)n1N=Cc1cc(I)c(O[C@@H](C)C(=O)OCC)c(I)c1. The molecule has 0 aliphatic carbocycles. The molecule has 0 N–H and O–H groups in total. The van der Waals surface area contributed by atoms with Crippen molar-refractivity contribution in [3.05, 3.63) is 63.7 Å². The summed E-state index contributed by atoms with van der Waals surface area (Å²) < 4.78 is 14.7. The first kappa shape index (κ1) is 27.1. The van der Waals surface area contributed by atoms with Crippen LogP contribution in [0.2, 0.25) is 0 Å². The number of carbonyl (C=O) groups excluding carboxylic acids is 1. The normalized spacial score (nSPS) is 12.3. The summed E-state index contributed by atoms with van der Waals surface area (Å²) in [5.74, 6) is 0.830. The van der Waals surface area contributed by atoms with Crippen LogP contribution < -0.4 is 10.3 Å². The van der Waals surface area contributed by atoms with E-state index in [0.29, 0.717) is 35.5 Å². The van der Waals surface area contributed by atoms with E-state index in [1.54, 1.807) is 26.1 Å². The molecule has 0 spiro atoms. The standard InChI is InChI=1S/C24H24BrI2N3O4/c1-4-6-7-21-29-20-9-8-16(25)12-17(20)23(31)30(21)28-13-15-10-18(26)22(19(27)11-15)34-14(3)24(32)33-5-2/h8-14H,4-7H2,1-3H3/t14-/m0/s1. The highest BCUT2D eigenvalue weighted by Gasteiger charge is 2.19. The quantitative estimate of drug-likeness (QED) is 0.154. The summed E-state index contributed by atoms with van der Waals surface area (Å²) in [6, 6.07) is 9.26. The fraction of sp³-hybridized carbons (Fsp3) is 0.333. The topological polar surface area (TPSA) is 82.8 Å². The molecule has 0 saturated carbocycles. The van der Waals surface area contributed by atoms with E-state index in [1.807, 2.05) is 24.3 Å². The number of halogens is 3. The molecule has 10 heteroatoms.